The van der Waals surface area contributed by atoms with Crippen molar-refractivity contribution in [3.63, 3.8) is 0 Å². The summed E-state index contributed by atoms with van der Waals surface area (Å²) in [6, 6.07) is 8.96. The van der Waals surface area contributed by atoms with Crippen LogP contribution < -0.4 is 10.6 Å². The van der Waals surface area contributed by atoms with E-state index in [1.807, 2.05) is 30.3 Å². The molecule has 1 spiro atoms. The van der Waals surface area contributed by atoms with Gasteiger partial charge in [0.2, 0.25) is 5.91 Å². The molecule has 2 heterocycles. The summed E-state index contributed by atoms with van der Waals surface area (Å²) in [5.41, 5.74) is 0.635. The topological polar surface area (TPSA) is 108 Å². The van der Waals surface area contributed by atoms with Crippen LogP contribution in [0.25, 0.3) is 11.3 Å². The molecule has 2 aromatic rings. The number of rotatable bonds is 7. The Hall–Kier alpha value is -3.07. The van der Waals surface area contributed by atoms with Gasteiger partial charge in [0.15, 0.2) is 10.9 Å². The highest BCUT2D eigenvalue weighted by atomic mass is 32.1. The van der Waals surface area contributed by atoms with Crippen molar-refractivity contribution in [1.29, 1.82) is 0 Å². The Morgan fingerprint density at radius 1 is 1.19 bits per heavy atom. The molecule has 1 aliphatic carbocycles. The van der Waals surface area contributed by atoms with Gasteiger partial charge in [0.25, 0.3) is 5.91 Å². The third-order valence-electron chi connectivity index (χ3n) is 5.73. The number of anilines is 1. The molecule has 1 aromatic carbocycles. The maximum atomic E-state index is 12.6. The average Bonchev–Trinajstić information content (AvgIpc) is 3.44. The number of nitrogens with zero attached hydrogens (tertiary/aromatic N) is 2. The molecule has 1 aromatic heterocycles. The van der Waals surface area contributed by atoms with Gasteiger partial charge in [0.05, 0.1) is 10.6 Å². The van der Waals surface area contributed by atoms with E-state index in [4.69, 9.17) is 0 Å². The minimum Gasteiger partial charge on any atom is -0.323 e. The lowest BCUT2D eigenvalue weighted by atomic mass is 9.98. The number of urea groups is 1. The van der Waals surface area contributed by atoms with E-state index in [-0.39, 0.29) is 36.6 Å². The largest absolute Gasteiger partial charge is 0.325 e. The number of carbonyl (C=O) groups excluding carboxylic acids is 4. The number of ketones is 1. The zero-order valence-electron chi connectivity index (χ0n) is 17.3. The molecule has 0 atom stereocenters. The Labute approximate surface area is 184 Å². The number of thiazole rings is 1. The fraction of sp³-hybridized carbons (Fsp3) is 0.409. The first kappa shape index (κ1) is 21.2. The van der Waals surface area contributed by atoms with Gasteiger partial charge in [-0.1, -0.05) is 54.5 Å². The van der Waals surface area contributed by atoms with Crippen molar-refractivity contribution in [3.05, 3.63) is 35.2 Å². The summed E-state index contributed by atoms with van der Waals surface area (Å²) in [4.78, 5) is 55.4. The summed E-state index contributed by atoms with van der Waals surface area (Å²) in [6.45, 7) is 1.67. The van der Waals surface area contributed by atoms with Gasteiger partial charge < -0.3 is 10.6 Å². The molecule has 2 fully saturated rings. The van der Waals surface area contributed by atoms with Crippen LogP contribution in [0.4, 0.5) is 9.93 Å². The number of Topliss-reactive ketones (excluding diaryl/α,β-unsaturated/α-hetero) is 1. The monoisotopic (exact) mass is 440 g/mol. The first-order chi connectivity index (χ1) is 14.9. The minimum absolute atomic E-state index is 0.115. The van der Waals surface area contributed by atoms with Gasteiger partial charge in [-0.05, 0) is 19.3 Å². The molecule has 31 heavy (non-hydrogen) atoms. The number of amides is 4. The van der Waals surface area contributed by atoms with Gasteiger partial charge in [-0.15, -0.1) is 0 Å². The Bertz CT molecular complexity index is 1030. The fourth-order valence-electron chi connectivity index (χ4n) is 4.18. The van der Waals surface area contributed by atoms with Gasteiger partial charge in [0.1, 0.15) is 5.54 Å². The molecule has 1 saturated carbocycles. The molecule has 9 heteroatoms. The molecule has 2 N–H and O–H groups in total. The Balaban J connectivity index is 1.35. The van der Waals surface area contributed by atoms with Crippen LogP contribution in [0.5, 0.6) is 0 Å². The number of benzene rings is 1. The second-order valence-electron chi connectivity index (χ2n) is 7.95. The Kier molecular flexibility index (Phi) is 5.86. The molecule has 0 unspecified atom stereocenters. The van der Waals surface area contributed by atoms with E-state index in [9.17, 15) is 19.2 Å². The van der Waals surface area contributed by atoms with Crippen LogP contribution in [0.3, 0.4) is 0 Å². The second kappa shape index (κ2) is 8.58. The molecule has 1 aliphatic heterocycles. The van der Waals surface area contributed by atoms with Crippen molar-refractivity contribution in [2.45, 2.75) is 51.0 Å². The molecule has 4 rings (SSSR count). The van der Waals surface area contributed by atoms with Crippen LogP contribution in [0.1, 0.15) is 55.1 Å². The van der Waals surface area contributed by atoms with E-state index in [1.165, 1.54) is 11.8 Å². The molecule has 8 nitrogen and oxygen atoms in total. The van der Waals surface area contributed by atoms with Gasteiger partial charge in [0, 0.05) is 25.5 Å². The lowest BCUT2D eigenvalue weighted by molar-refractivity contribution is -0.131. The van der Waals surface area contributed by atoms with Crippen LogP contribution >= 0.6 is 11.3 Å². The van der Waals surface area contributed by atoms with Crippen molar-refractivity contribution in [3.8, 4) is 11.3 Å². The summed E-state index contributed by atoms with van der Waals surface area (Å²) in [7, 11) is 0. The van der Waals surface area contributed by atoms with Crippen molar-refractivity contribution < 1.29 is 19.2 Å². The number of carbonyl (C=O) groups is 4. The highest BCUT2D eigenvalue weighted by Gasteiger charge is 2.52. The molecular formula is C22H24N4O4S. The first-order valence-electron chi connectivity index (χ1n) is 10.4. The van der Waals surface area contributed by atoms with Crippen LogP contribution in [-0.2, 0) is 9.59 Å². The van der Waals surface area contributed by atoms with Crippen molar-refractivity contribution in [2.75, 3.05) is 11.9 Å². The summed E-state index contributed by atoms with van der Waals surface area (Å²) in [5.74, 6) is -0.559. The van der Waals surface area contributed by atoms with Crippen LogP contribution in [0.2, 0.25) is 0 Å². The normalized spacial score (nSPS) is 17.3. The Morgan fingerprint density at radius 3 is 2.58 bits per heavy atom. The fourth-order valence-corrected chi connectivity index (χ4v) is 5.08. The lowest BCUT2D eigenvalue weighted by Crippen LogP contribution is -2.44. The highest BCUT2D eigenvalue weighted by Crippen LogP contribution is 2.35. The highest BCUT2D eigenvalue weighted by molar-refractivity contribution is 7.18. The smallest absolute Gasteiger partial charge is 0.323 e. The molecule has 4 amide bonds. The standard InChI is InChI=1S/C22H24N4O4S/c1-14(27)18-17(15-8-3-2-4-9-15)24-20(31-18)23-16(28)10-7-13-26-19(29)22(25-21(26)30)11-5-6-12-22/h2-4,8-9H,5-7,10-13H2,1H3,(H,25,30)(H,23,24,28). The predicted octanol–water partition coefficient (Wildman–Crippen LogP) is 3.60. The average molecular weight is 441 g/mol. The SMILES string of the molecule is CC(=O)c1sc(NC(=O)CCCN2C(=O)NC3(CCCC3)C2=O)nc1-c1ccccc1. The summed E-state index contributed by atoms with van der Waals surface area (Å²) in [5, 5.41) is 5.93. The van der Waals surface area contributed by atoms with Crippen molar-refractivity contribution in [1.82, 2.24) is 15.2 Å². The number of imide groups is 1. The quantitative estimate of drug-likeness (QED) is 0.505. The van der Waals surface area contributed by atoms with Crippen LogP contribution in [0.15, 0.2) is 30.3 Å². The first-order valence-corrected chi connectivity index (χ1v) is 11.2. The molecule has 0 bridgehead atoms. The summed E-state index contributed by atoms with van der Waals surface area (Å²) < 4.78 is 0. The van der Waals surface area contributed by atoms with Gasteiger partial charge in [-0.2, -0.15) is 0 Å². The van der Waals surface area contributed by atoms with Crippen molar-refractivity contribution in [2.24, 2.45) is 0 Å². The van der Waals surface area contributed by atoms with Gasteiger partial charge in [-0.25, -0.2) is 9.78 Å². The zero-order chi connectivity index (χ0) is 22.0. The maximum Gasteiger partial charge on any atom is 0.325 e. The van der Waals surface area contributed by atoms with Gasteiger partial charge in [-0.3, -0.25) is 19.3 Å². The predicted molar refractivity (Wildman–Crippen MR) is 117 cm³/mol. The molecule has 1 saturated heterocycles. The number of aromatic nitrogens is 1. The maximum absolute atomic E-state index is 12.6. The molecule has 2 aliphatic rings. The van der Waals surface area contributed by atoms with Crippen LogP contribution in [0, 0.1) is 0 Å². The van der Waals surface area contributed by atoms with E-state index in [2.05, 4.69) is 15.6 Å². The third kappa shape index (κ3) is 4.23. The van der Waals surface area contributed by atoms with E-state index in [0.717, 1.165) is 29.7 Å². The number of hydrogen-bond donors (Lipinski definition) is 2. The summed E-state index contributed by atoms with van der Waals surface area (Å²) in [6.07, 6.45) is 3.73. The number of nitrogens with one attached hydrogen (secondary N) is 2. The number of hydrogen-bond acceptors (Lipinski definition) is 6. The van der Waals surface area contributed by atoms with E-state index in [0.29, 0.717) is 35.0 Å². The van der Waals surface area contributed by atoms with E-state index < -0.39 is 5.54 Å². The third-order valence-corrected chi connectivity index (χ3v) is 6.80. The minimum atomic E-state index is -0.725. The zero-order valence-corrected chi connectivity index (χ0v) is 18.1. The Morgan fingerprint density at radius 2 is 1.90 bits per heavy atom. The second-order valence-corrected chi connectivity index (χ2v) is 8.95. The lowest BCUT2D eigenvalue weighted by Gasteiger charge is -2.19. The van der Waals surface area contributed by atoms with E-state index >= 15 is 0 Å². The molecule has 162 valence electrons. The van der Waals surface area contributed by atoms with Crippen LogP contribution in [-0.4, -0.2) is 45.6 Å². The molecule has 0 radical (unpaired) electrons. The van der Waals surface area contributed by atoms with Crippen molar-refractivity contribution >= 4 is 40.1 Å². The van der Waals surface area contributed by atoms with Gasteiger partial charge >= 0.3 is 6.03 Å². The summed E-state index contributed by atoms with van der Waals surface area (Å²) >= 11 is 1.14. The molecular weight excluding hydrogens is 416 g/mol. The van der Waals surface area contributed by atoms with E-state index in [1.54, 1.807) is 0 Å².